The maximum absolute atomic E-state index is 5.60. The van der Waals surface area contributed by atoms with Gasteiger partial charge in [0.15, 0.2) is 17.5 Å². The number of hydrogen-bond donors (Lipinski definition) is 0. The number of nitrogens with zero attached hydrogens (tertiary/aromatic N) is 4. The molecule has 4 nitrogen and oxygen atoms in total. The van der Waals surface area contributed by atoms with E-state index < -0.39 is 0 Å². The van der Waals surface area contributed by atoms with E-state index in [-0.39, 0.29) is 0 Å². The average molecular weight is 669 g/mol. The van der Waals surface area contributed by atoms with Crippen LogP contribution in [0, 0.1) is 0 Å². The first-order valence-electron chi connectivity index (χ1n) is 17.0. The number of pyridine rings is 1. The van der Waals surface area contributed by atoms with Gasteiger partial charge in [-0.1, -0.05) is 158 Å². The molecule has 0 radical (unpaired) electrons. The fraction of sp³-hybridized carbons (Fsp3) is 0. The minimum Gasteiger partial charge on any atom is -0.246 e. The summed E-state index contributed by atoms with van der Waals surface area (Å²) in [4.78, 5) is 20.6. The van der Waals surface area contributed by atoms with Gasteiger partial charge in [0.05, 0.1) is 11.2 Å². The molecule has 0 aliphatic heterocycles. The van der Waals surface area contributed by atoms with E-state index in [1.807, 2.05) is 72.0 Å². The summed E-state index contributed by atoms with van der Waals surface area (Å²) >= 11 is 1.83. The third-order valence-electron chi connectivity index (χ3n) is 9.51. The molecule has 0 aliphatic rings. The van der Waals surface area contributed by atoms with Gasteiger partial charge in [0.1, 0.15) is 0 Å². The zero-order valence-corrected chi connectivity index (χ0v) is 28.2. The Labute approximate surface area is 298 Å². The minimum absolute atomic E-state index is 0.619. The highest BCUT2D eigenvalue weighted by molar-refractivity contribution is 7.26. The largest absolute Gasteiger partial charge is 0.246 e. The highest BCUT2D eigenvalue weighted by atomic mass is 32.1. The zero-order chi connectivity index (χ0) is 33.7. The molecule has 3 aromatic heterocycles. The molecule has 0 N–H and O–H groups in total. The molecule has 7 aromatic carbocycles. The van der Waals surface area contributed by atoms with Crippen LogP contribution < -0.4 is 0 Å². The van der Waals surface area contributed by atoms with E-state index in [4.69, 9.17) is 19.9 Å². The van der Waals surface area contributed by atoms with Crippen molar-refractivity contribution in [1.82, 2.24) is 19.9 Å². The predicted octanol–water partition coefficient (Wildman–Crippen LogP) is 12.3. The van der Waals surface area contributed by atoms with E-state index in [1.54, 1.807) is 0 Å². The van der Waals surface area contributed by atoms with E-state index in [1.165, 1.54) is 36.5 Å². The number of para-hydroxylation sites is 1. The van der Waals surface area contributed by atoms with Gasteiger partial charge in [0.25, 0.3) is 0 Å². The van der Waals surface area contributed by atoms with E-state index >= 15 is 0 Å². The first kappa shape index (κ1) is 29.4. The lowest BCUT2D eigenvalue weighted by atomic mass is 9.94. The summed E-state index contributed by atoms with van der Waals surface area (Å²) in [6.45, 7) is 0. The molecule has 51 heavy (non-hydrogen) atoms. The van der Waals surface area contributed by atoms with Gasteiger partial charge >= 0.3 is 0 Å². The molecule has 0 saturated heterocycles. The summed E-state index contributed by atoms with van der Waals surface area (Å²) in [6, 6.07) is 59.0. The predicted molar refractivity (Wildman–Crippen MR) is 213 cm³/mol. The van der Waals surface area contributed by atoms with Crippen molar-refractivity contribution in [1.29, 1.82) is 0 Å². The molecule has 0 spiro atoms. The highest BCUT2D eigenvalue weighted by Crippen LogP contribution is 2.45. The highest BCUT2D eigenvalue weighted by Gasteiger charge is 2.20. The van der Waals surface area contributed by atoms with Crippen molar-refractivity contribution in [3.63, 3.8) is 0 Å². The summed E-state index contributed by atoms with van der Waals surface area (Å²) in [5, 5.41) is 5.97. The summed E-state index contributed by atoms with van der Waals surface area (Å²) in [5.74, 6) is 1.90. The first-order valence-corrected chi connectivity index (χ1v) is 17.8. The van der Waals surface area contributed by atoms with Crippen LogP contribution in [0.15, 0.2) is 170 Å². The Hall–Kier alpha value is -6.56. The van der Waals surface area contributed by atoms with Crippen molar-refractivity contribution in [2.75, 3.05) is 0 Å². The third kappa shape index (κ3) is 5.06. The molecular weight excluding hydrogens is 641 g/mol. The van der Waals surface area contributed by atoms with Crippen molar-refractivity contribution in [3.05, 3.63) is 170 Å². The molecular formula is C46H28N4S. The topological polar surface area (TPSA) is 51.6 Å². The van der Waals surface area contributed by atoms with Crippen LogP contribution in [0.1, 0.15) is 0 Å². The van der Waals surface area contributed by atoms with E-state index in [2.05, 4.69) is 109 Å². The molecule has 10 rings (SSSR count). The minimum atomic E-state index is 0.619. The van der Waals surface area contributed by atoms with Gasteiger partial charge in [-0.05, 0) is 28.5 Å². The van der Waals surface area contributed by atoms with Crippen molar-refractivity contribution < 1.29 is 0 Å². The number of thiophene rings is 1. The molecule has 0 unspecified atom stereocenters. The second-order valence-corrected chi connectivity index (χ2v) is 13.7. The van der Waals surface area contributed by atoms with Gasteiger partial charge in [-0.25, -0.2) is 19.9 Å². The molecule has 0 bridgehead atoms. The smallest absolute Gasteiger partial charge is 0.164 e. The Bertz CT molecular complexity index is 2850. The van der Waals surface area contributed by atoms with Crippen molar-refractivity contribution in [3.8, 4) is 56.5 Å². The molecule has 10 aromatic rings. The lowest BCUT2D eigenvalue weighted by Gasteiger charge is -2.14. The Kier molecular flexibility index (Phi) is 6.96. The second-order valence-electron chi connectivity index (χ2n) is 12.6. The summed E-state index contributed by atoms with van der Waals surface area (Å²) in [6.07, 6.45) is 0. The van der Waals surface area contributed by atoms with Crippen molar-refractivity contribution in [2.24, 2.45) is 0 Å². The SMILES string of the molecule is c1ccc(-c2nc(-c3ccccc3)nc(-c3cccc(-c4nc5c(-c6cccc7ccccc67)cccc5c5sc6ccccc6c45)c3)n2)cc1. The van der Waals surface area contributed by atoms with Gasteiger partial charge in [-0.3, -0.25) is 0 Å². The van der Waals surface area contributed by atoms with Gasteiger partial charge in [0.2, 0.25) is 0 Å². The number of rotatable bonds is 5. The fourth-order valence-corrected chi connectivity index (χ4v) is 8.34. The van der Waals surface area contributed by atoms with Crippen LogP contribution in [0.2, 0.25) is 0 Å². The standard InChI is InChI=1S/C46H28N4S/c1-3-15-30(16-4-1)44-48-45(31-17-5-2-6-18-31)50-46(49-44)33-21-11-20-32(28-33)41-40-37-23-9-10-27-39(37)51-43(40)38-26-13-25-36(42(38)47-41)35-24-12-19-29-14-7-8-22-34(29)35/h1-28H. The number of hydrogen-bond acceptors (Lipinski definition) is 5. The Morgan fingerprint density at radius 3 is 1.67 bits per heavy atom. The van der Waals surface area contributed by atoms with Crippen LogP contribution in [0.3, 0.4) is 0 Å². The van der Waals surface area contributed by atoms with Crippen LogP contribution in [-0.4, -0.2) is 19.9 Å². The average Bonchev–Trinajstić information content (AvgIpc) is 3.61. The van der Waals surface area contributed by atoms with Crippen LogP contribution in [-0.2, 0) is 0 Å². The Morgan fingerprint density at radius 1 is 0.373 bits per heavy atom. The number of aromatic nitrogens is 4. The molecule has 0 amide bonds. The van der Waals surface area contributed by atoms with Crippen molar-refractivity contribution >= 4 is 53.2 Å². The number of benzene rings is 7. The number of fused-ring (bicyclic) bond motifs is 6. The maximum atomic E-state index is 5.60. The summed E-state index contributed by atoms with van der Waals surface area (Å²) in [5.41, 5.74) is 8.05. The van der Waals surface area contributed by atoms with Crippen molar-refractivity contribution in [2.45, 2.75) is 0 Å². The maximum Gasteiger partial charge on any atom is 0.164 e. The first-order chi connectivity index (χ1) is 25.3. The molecule has 238 valence electrons. The lowest BCUT2D eigenvalue weighted by Crippen LogP contribution is -2.00. The molecule has 5 heteroatoms. The molecule has 0 aliphatic carbocycles. The monoisotopic (exact) mass is 668 g/mol. The zero-order valence-electron chi connectivity index (χ0n) is 27.4. The van der Waals surface area contributed by atoms with E-state index in [9.17, 15) is 0 Å². The third-order valence-corrected chi connectivity index (χ3v) is 10.7. The summed E-state index contributed by atoms with van der Waals surface area (Å²) in [7, 11) is 0. The van der Waals surface area contributed by atoms with Crippen LogP contribution in [0.25, 0.3) is 98.4 Å². The van der Waals surface area contributed by atoms with Gasteiger partial charge in [-0.15, -0.1) is 11.3 Å². The molecule has 0 fully saturated rings. The van der Waals surface area contributed by atoms with Gasteiger partial charge in [-0.2, -0.15) is 0 Å². The van der Waals surface area contributed by atoms with Crippen LogP contribution in [0.4, 0.5) is 0 Å². The summed E-state index contributed by atoms with van der Waals surface area (Å²) < 4.78 is 2.48. The Morgan fingerprint density at radius 2 is 0.902 bits per heavy atom. The van der Waals surface area contributed by atoms with Gasteiger partial charge in [0, 0.05) is 53.4 Å². The molecule has 0 saturated carbocycles. The quantitative estimate of drug-likeness (QED) is 0.183. The molecule has 3 heterocycles. The normalized spacial score (nSPS) is 11.5. The Balaban J connectivity index is 1.23. The molecule has 0 atom stereocenters. The fourth-order valence-electron chi connectivity index (χ4n) is 7.11. The lowest BCUT2D eigenvalue weighted by molar-refractivity contribution is 1.07. The second kappa shape index (κ2) is 12.1. The van der Waals surface area contributed by atoms with E-state index in [0.29, 0.717) is 17.5 Å². The van der Waals surface area contributed by atoms with E-state index in [0.717, 1.165) is 44.4 Å². The van der Waals surface area contributed by atoms with Gasteiger partial charge < -0.3 is 0 Å². The van der Waals surface area contributed by atoms with Crippen LogP contribution >= 0.6 is 11.3 Å². The van der Waals surface area contributed by atoms with Crippen LogP contribution in [0.5, 0.6) is 0 Å².